The number of halogens is 1. The Bertz CT molecular complexity index is 754. The highest BCUT2D eigenvalue weighted by atomic mass is 35.5. The number of nitrogens with two attached hydrogens (primary N) is 1. The van der Waals surface area contributed by atoms with Crippen LogP contribution in [0, 0.1) is 0 Å². The highest BCUT2D eigenvalue weighted by molar-refractivity contribution is 6.30. The molecule has 6 nitrogen and oxygen atoms in total. The number of fused-ring (bicyclic) bond motifs is 2. The van der Waals surface area contributed by atoms with Gasteiger partial charge < -0.3 is 10.5 Å². The van der Waals surface area contributed by atoms with Crippen LogP contribution in [0.1, 0.15) is 35.6 Å². The van der Waals surface area contributed by atoms with Gasteiger partial charge in [0.25, 0.3) is 5.91 Å². The predicted molar refractivity (Wildman–Crippen MR) is 89.2 cm³/mol. The lowest BCUT2D eigenvalue weighted by Gasteiger charge is -2.39. The van der Waals surface area contributed by atoms with Crippen molar-refractivity contribution in [1.29, 1.82) is 0 Å². The van der Waals surface area contributed by atoms with E-state index < -0.39 is 17.6 Å². The molecule has 1 atom stereocenters. The Hall–Kier alpha value is -1.89. The number of hydrogen-bond donors (Lipinski definition) is 2. The number of rotatable bonds is 3. The maximum absolute atomic E-state index is 11.8. The molecule has 126 valence electrons. The number of carbonyl (C=O) groups excluding carboxylic acids is 1. The Morgan fingerprint density at radius 1 is 1.46 bits per heavy atom. The Morgan fingerprint density at radius 2 is 2.25 bits per heavy atom. The Labute approximate surface area is 144 Å². The molecule has 1 fully saturated rings. The van der Waals surface area contributed by atoms with Crippen LogP contribution in [0.25, 0.3) is 0 Å². The lowest BCUT2D eigenvalue weighted by Crippen LogP contribution is -2.42. The Morgan fingerprint density at radius 3 is 2.92 bits per heavy atom. The first-order chi connectivity index (χ1) is 11.6. The van der Waals surface area contributed by atoms with E-state index in [1.54, 1.807) is 6.07 Å². The molecule has 4 rings (SSSR count). The fraction of sp³-hybridized carbons (Fsp3) is 0.412. The molecule has 1 aromatic carbocycles. The number of amides is 1. The second-order valence-electron chi connectivity index (χ2n) is 6.51. The monoisotopic (exact) mass is 346 g/mol. The summed E-state index contributed by atoms with van der Waals surface area (Å²) in [5.74, 6) is -0.448. The number of likely N-dealkylation sites (tertiary alicyclic amines) is 1. The summed E-state index contributed by atoms with van der Waals surface area (Å²) in [6, 6.07) is 5.57. The first-order valence-corrected chi connectivity index (χ1v) is 8.42. The number of piperidine rings is 1. The summed E-state index contributed by atoms with van der Waals surface area (Å²) in [6.45, 7) is 2.61. The number of H-pyrrole nitrogens is 1. The molecule has 1 aromatic heterocycles. The van der Waals surface area contributed by atoms with Crippen molar-refractivity contribution in [2.24, 2.45) is 5.73 Å². The predicted octanol–water partition coefficient (Wildman–Crippen LogP) is 2.11. The van der Waals surface area contributed by atoms with Gasteiger partial charge in [-0.1, -0.05) is 17.7 Å². The van der Waals surface area contributed by atoms with Crippen molar-refractivity contribution in [2.75, 3.05) is 13.1 Å². The molecule has 2 aliphatic heterocycles. The third-order valence-electron chi connectivity index (χ3n) is 5.02. The van der Waals surface area contributed by atoms with E-state index in [0.29, 0.717) is 5.02 Å². The molecular weight excluding hydrogens is 328 g/mol. The Kier molecular flexibility index (Phi) is 3.83. The molecule has 3 N–H and O–H groups in total. The molecule has 24 heavy (non-hydrogen) atoms. The molecule has 0 bridgehead atoms. The number of aromatic amines is 1. The molecule has 0 saturated carbocycles. The molecule has 0 aliphatic carbocycles. The minimum atomic E-state index is -0.683. The van der Waals surface area contributed by atoms with Gasteiger partial charge in [-0.3, -0.25) is 14.8 Å². The average molecular weight is 347 g/mol. The largest absolute Gasteiger partial charge is 0.367 e. The summed E-state index contributed by atoms with van der Waals surface area (Å²) >= 11 is 6.18. The molecule has 1 amide bonds. The zero-order valence-corrected chi connectivity index (χ0v) is 13.9. The number of benzene rings is 1. The van der Waals surface area contributed by atoms with Gasteiger partial charge in [0.1, 0.15) is 0 Å². The van der Waals surface area contributed by atoms with Crippen molar-refractivity contribution in [3.8, 4) is 0 Å². The van der Waals surface area contributed by atoms with Gasteiger partial charge >= 0.3 is 0 Å². The second kappa shape index (κ2) is 5.88. The van der Waals surface area contributed by atoms with E-state index in [1.807, 2.05) is 24.5 Å². The van der Waals surface area contributed by atoms with Crippen LogP contribution in [0.3, 0.4) is 0 Å². The third-order valence-corrected chi connectivity index (χ3v) is 5.25. The number of aromatic nitrogens is 2. The fourth-order valence-electron chi connectivity index (χ4n) is 3.80. The van der Waals surface area contributed by atoms with Gasteiger partial charge in [0.2, 0.25) is 0 Å². The number of ether oxygens (including phenoxy) is 1. The van der Waals surface area contributed by atoms with Gasteiger partial charge in [-0.2, -0.15) is 5.10 Å². The molecule has 0 radical (unpaired) electrons. The minimum absolute atomic E-state index is 0.448. The summed E-state index contributed by atoms with van der Waals surface area (Å²) < 4.78 is 6.18. The van der Waals surface area contributed by atoms with E-state index >= 15 is 0 Å². The van der Waals surface area contributed by atoms with Crippen molar-refractivity contribution in [1.82, 2.24) is 15.1 Å². The van der Waals surface area contributed by atoms with Gasteiger partial charge in [0.05, 0.1) is 11.8 Å². The van der Waals surface area contributed by atoms with Crippen molar-refractivity contribution >= 4 is 17.5 Å². The summed E-state index contributed by atoms with van der Waals surface area (Å²) in [6.07, 6.45) is 4.69. The average Bonchev–Trinajstić information content (AvgIpc) is 3.17. The number of hydrogen-bond acceptors (Lipinski definition) is 4. The first-order valence-electron chi connectivity index (χ1n) is 8.04. The van der Waals surface area contributed by atoms with Gasteiger partial charge in [-0.25, -0.2) is 0 Å². The first kappa shape index (κ1) is 15.6. The zero-order valence-electron chi connectivity index (χ0n) is 13.2. The summed E-state index contributed by atoms with van der Waals surface area (Å²) in [4.78, 5) is 14.2. The van der Waals surface area contributed by atoms with E-state index in [-0.39, 0.29) is 0 Å². The van der Waals surface area contributed by atoms with Crippen molar-refractivity contribution in [3.63, 3.8) is 0 Å². The topological polar surface area (TPSA) is 84.2 Å². The van der Waals surface area contributed by atoms with Crippen molar-refractivity contribution in [3.05, 3.63) is 52.3 Å². The zero-order chi connectivity index (χ0) is 16.7. The van der Waals surface area contributed by atoms with Crippen LogP contribution < -0.4 is 5.73 Å². The van der Waals surface area contributed by atoms with E-state index in [0.717, 1.165) is 49.2 Å². The quantitative estimate of drug-likeness (QED) is 0.891. The molecular formula is C17H19ClN4O2. The molecule has 1 spiro atoms. The number of primary amides is 1. The SMILES string of the molecule is NC(=O)C1OC2(CCN(Cc3cn[nH]c3)CC2)c2cc(Cl)ccc21. The van der Waals surface area contributed by atoms with Crippen LogP contribution in [0.5, 0.6) is 0 Å². The van der Waals surface area contributed by atoms with Crippen LogP contribution in [0.15, 0.2) is 30.6 Å². The van der Waals surface area contributed by atoms with Gasteiger partial charge in [0, 0.05) is 36.4 Å². The molecule has 7 heteroatoms. The summed E-state index contributed by atoms with van der Waals surface area (Å²) in [7, 11) is 0. The number of nitrogens with zero attached hydrogens (tertiary/aromatic N) is 2. The van der Waals surface area contributed by atoms with E-state index in [4.69, 9.17) is 22.1 Å². The third kappa shape index (κ3) is 2.60. The second-order valence-corrected chi connectivity index (χ2v) is 6.95. The van der Waals surface area contributed by atoms with E-state index in [9.17, 15) is 4.79 Å². The van der Waals surface area contributed by atoms with Crippen LogP contribution in [0.4, 0.5) is 0 Å². The van der Waals surface area contributed by atoms with E-state index in [2.05, 4.69) is 15.1 Å². The fourth-order valence-corrected chi connectivity index (χ4v) is 3.97. The smallest absolute Gasteiger partial charge is 0.251 e. The Balaban J connectivity index is 1.56. The maximum Gasteiger partial charge on any atom is 0.251 e. The lowest BCUT2D eigenvalue weighted by molar-refractivity contribution is -0.148. The van der Waals surface area contributed by atoms with Crippen molar-refractivity contribution < 1.29 is 9.53 Å². The van der Waals surface area contributed by atoms with Crippen LogP contribution in [-0.2, 0) is 21.7 Å². The molecule has 2 aliphatic rings. The standard InChI is InChI=1S/C17H19ClN4O2/c18-12-1-2-13-14(7-12)17(24-15(13)16(19)23)3-5-22(6-4-17)10-11-8-20-21-9-11/h1-2,7-9,15H,3-6,10H2,(H2,19,23)(H,20,21). The molecule has 1 unspecified atom stereocenters. The van der Waals surface area contributed by atoms with Gasteiger partial charge in [-0.05, 0) is 36.1 Å². The summed E-state index contributed by atoms with van der Waals surface area (Å²) in [5, 5.41) is 7.48. The lowest BCUT2D eigenvalue weighted by atomic mass is 9.83. The molecule has 2 aromatic rings. The van der Waals surface area contributed by atoms with E-state index in [1.165, 1.54) is 0 Å². The molecule has 3 heterocycles. The van der Waals surface area contributed by atoms with Gasteiger partial charge in [-0.15, -0.1) is 0 Å². The normalized spacial score (nSPS) is 22.6. The van der Waals surface area contributed by atoms with Crippen LogP contribution in [-0.4, -0.2) is 34.1 Å². The van der Waals surface area contributed by atoms with Crippen LogP contribution >= 0.6 is 11.6 Å². The molecule has 1 saturated heterocycles. The van der Waals surface area contributed by atoms with Gasteiger partial charge in [0.15, 0.2) is 6.10 Å². The summed E-state index contributed by atoms with van der Waals surface area (Å²) in [5.41, 5.74) is 8.11. The number of carbonyl (C=O) groups is 1. The number of nitrogens with one attached hydrogen (secondary N) is 1. The van der Waals surface area contributed by atoms with Crippen molar-refractivity contribution in [2.45, 2.75) is 31.1 Å². The maximum atomic E-state index is 11.8. The minimum Gasteiger partial charge on any atom is -0.367 e. The highest BCUT2D eigenvalue weighted by Gasteiger charge is 2.48. The highest BCUT2D eigenvalue weighted by Crippen LogP contribution is 2.50. The van der Waals surface area contributed by atoms with Crippen LogP contribution in [0.2, 0.25) is 5.02 Å².